The summed E-state index contributed by atoms with van der Waals surface area (Å²) < 4.78 is 0. The molecule has 0 aromatic heterocycles. The Kier molecular flexibility index (Phi) is 5.26. The van der Waals surface area contributed by atoms with Gasteiger partial charge >= 0.3 is 0 Å². The van der Waals surface area contributed by atoms with E-state index in [-0.39, 0.29) is 5.54 Å². The van der Waals surface area contributed by atoms with E-state index in [0.717, 1.165) is 18.5 Å². The summed E-state index contributed by atoms with van der Waals surface area (Å²) in [6.45, 7) is 11.4. The van der Waals surface area contributed by atoms with E-state index < -0.39 is 0 Å². The molecule has 0 aromatic carbocycles. The van der Waals surface area contributed by atoms with E-state index in [9.17, 15) is 0 Å². The summed E-state index contributed by atoms with van der Waals surface area (Å²) >= 11 is 0. The molecule has 0 aliphatic heterocycles. The van der Waals surface area contributed by atoms with Gasteiger partial charge in [0.1, 0.15) is 0 Å². The van der Waals surface area contributed by atoms with E-state index >= 15 is 0 Å². The molecule has 0 heterocycles. The third-order valence-electron chi connectivity index (χ3n) is 3.65. The Labute approximate surface area is 102 Å². The predicted octanol–water partition coefficient (Wildman–Crippen LogP) is 2.89. The average Bonchev–Trinajstić information content (AvgIpc) is 2.15. The molecule has 0 amide bonds. The highest BCUT2D eigenvalue weighted by molar-refractivity contribution is 4.78. The van der Waals surface area contributed by atoms with Gasteiger partial charge in [-0.15, -0.1) is 0 Å². The minimum atomic E-state index is 0.251. The van der Waals surface area contributed by atoms with E-state index in [2.05, 4.69) is 45.0 Å². The molecule has 1 rings (SSSR count). The van der Waals surface area contributed by atoms with Crippen LogP contribution in [0.3, 0.4) is 0 Å². The topological polar surface area (TPSA) is 15.3 Å². The number of nitrogens with one attached hydrogen (secondary N) is 1. The molecule has 2 unspecified atom stereocenters. The summed E-state index contributed by atoms with van der Waals surface area (Å²) in [5.74, 6) is 0.928. The Balaban J connectivity index is 2.21. The molecule has 0 aromatic rings. The fraction of sp³-hybridized carbons (Fsp3) is 1.00. The number of rotatable bonds is 4. The zero-order chi connectivity index (χ0) is 12.2. The highest BCUT2D eigenvalue weighted by atomic mass is 15.1. The molecule has 1 N–H and O–H groups in total. The fourth-order valence-electron chi connectivity index (χ4n) is 2.59. The predicted molar refractivity (Wildman–Crippen MR) is 71.8 cm³/mol. The second kappa shape index (κ2) is 6.02. The Bertz CT molecular complexity index is 195. The van der Waals surface area contributed by atoms with Crippen LogP contribution in [0.1, 0.15) is 53.4 Å². The van der Waals surface area contributed by atoms with Crippen LogP contribution in [0.5, 0.6) is 0 Å². The molecule has 0 saturated heterocycles. The number of nitrogens with zero attached hydrogens (tertiary/aromatic N) is 1. The molecule has 2 atom stereocenters. The van der Waals surface area contributed by atoms with Gasteiger partial charge in [-0.2, -0.15) is 0 Å². The van der Waals surface area contributed by atoms with Crippen molar-refractivity contribution >= 4 is 0 Å². The van der Waals surface area contributed by atoms with Crippen LogP contribution in [0.4, 0.5) is 0 Å². The summed E-state index contributed by atoms with van der Waals surface area (Å²) in [6.07, 6.45) is 5.65. The van der Waals surface area contributed by atoms with Gasteiger partial charge in [-0.3, -0.25) is 0 Å². The molecule has 0 bridgehead atoms. The first-order valence-corrected chi connectivity index (χ1v) is 6.84. The highest BCUT2D eigenvalue weighted by Gasteiger charge is 2.22. The van der Waals surface area contributed by atoms with E-state index in [1.54, 1.807) is 0 Å². The molecular formula is C14H30N2. The van der Waals surface area contributed by atoms with Crippen LogP contribution in [-0.2, 0) is 0 Å². The Hall–Kier alpha value is -0.0800. The van der Waals surface area contributed by atoms with Crippen LogP contribution in [0.25, 0.3) is 0 Å². The lowest BCUT2D eigenvalue weighted by atomic mass is 9.86. The molecule has 96 valence electrons. The van der Waals surface area contributed by atoms with Gasteiger partial charge in [0.05, 0.1) is 0 Å². The van der Waals surface area contributed by atoms with Gasteiger partial charge in [0.25, 0.3) is 0 Å². The fourth-order valence-corrected chi connectivity index (χ4v) is 2.59. The first kappa shape index (κ1) is 14.0. The van der Waals surface area contributed by atoms with E-state index in [1.165, 1.54) is 32.2 Å². The lowest BCUT2D eigenvalue weighted by Gasteiger charge is -2.34. The van der Waals surface area contributed by atoms with Gasteiger partial charge in [-0.05, 0) is 46.6 Å². The minimum Gasteiger partial charge on any atom is -0.311 e. The van der Waals surface area contributed by atoms with E-state index in [0.29, 0.717) is 0 Å². The normalized spacial score (nSPS) is 27.4. The second-order valence-electron chi connectivity index (χ2n) is 6.58. The van der Waals surface area contributed by atoms with Crippen molar-refractivity contribution in [2.45, 2.75) is 65.0 Å². The van der Waals surface area contributed by atoms with Crippen molar-refractivity contribution in [3.05, 3.63) is 0 Å². The maximum Gasteiger partial charge on any atom is 0.0107 e. The number of hydrogen-bond donors (Lipinski definition) is 1. The molecule has 1 saturated carbocycles. The maximum absolute atomic E-state index is 3.56. The van der Waals surface area contributed by atoms with Crippen molar-refractivity contribution in [1.29, 1.82) is 0 Å². The molecule has 2 heteroatoms. The van der Waals surface area contributed by atoms with Crippen molar-refractivity contribution in [1.82, 2.24) is 10.2 Å². The van der Waals surface area contributed by atoms with Gasteiger partial charge in [0.2, 0.25) is 0 Å². The van der Waals surface area contributed by atoms with Crippen LogP contribution >= 0.6 is 0 Å². The van der Waals surface area contributed by atoms with Crippen molar-refractivity contribution in [3.63, 3.8) is 0 Å². The minimum absolute atomic E-state index is 0.251. The van der Waals surface area contributed by atoms with Crippen molar-refractivity contribution < 1.29 is 0 Å². The molecular weight excluding hydrogens is 196 g/mol. The molecule has 0 spiro atoms. The zero-order valence-electron chi connectivity index (χ0n) is 11.8. The SMILES string of the molecule is CC1CCCC(N(C)CCNC(C)(C)C)C1. The molecule has 0 radical (unpaired) electrons. The van der Waals surface area contributed by atoms with E-state index in [4.69, 9.17) is 0 Å². The molecule has 1 aliphatic carbocycles. The number of hydrogen-bond acceptors (Lipinski definition) is 2. The summed E-state index contributed by atoms with van der Waals surface area (Å²) in [5.41, 5.74) is 0.251. The van der Waals surface area contributed by atoms with E-state index in [1.807, 2.05) is 0 Å². The first-order valence-electron chi connectivity index (χ1n) is 6.84. The third-order valence-corrected chi connectivity index (χ3v) is 3.65. The van der Waals surface area contributed by atoms with Crippen LogP contribution in [0.15, 0.2) is 0 Å². The monoisotopic (exact) mass is 226 g/mol. The molecule has 2 nitrogen and oxygen atoms in total. The maximum atomic E-state index is 3.56. The quantitative estimate of drug-likeness (QED) is 0.793. The summed E-state index contributed by atoms with van der Waals surface area (Å²) in [4.78, 5) is 2.55. The van der Waals surface area contributed by atoms with Gasteiger partial charge in [-0.1, -0.05) is 19.8 Å². The zero-order valence-corrected chi connectivity index (χ0v) is 11.8. The molecule has 1 fully saturated rings. The van der Waals surface area contributed by atoms with Crippen molar-refractivity contribution in [2.24, 2.45) is 5.92 Å². The summed E-state index contributed by atoms with van der Waals surface area (Å²) in [7, 11) is 2.28. The Morgan fingerprint density at radius 3 is 2.50 bits per heavy atom. The summed E-state index contributed by atoms with van der Waals surface area (Å²) in [6, 6.07) is 0.825. The van der Waals surface area contributed by atoms with Gasteiger partial charge in [0.15, 0.2) is 0 Å². The number of likely N-dealkylation sites (N-methyl/N-ethyl adjacent to an activating group) is 1. The lowest BCUT2D eigenvalue weighted by Crippen LogP contribution is -2.44. The molecule has 16 heavy (non-hydrogen) atoms. The molecule has 1 aliphatic rings. The average molecular weight is 226 g/mol. The van der Waals surface area contributed by atoms with Crippen molar-refractivity contribution in [3.8, 4) is 0 Å². The van der Waals surface area contributed by atoms with Crippen molar-refractivity contribution in [2.75, 3.05) is 20.1 Å². The van der Waals surface area contributed by atoms with Gasteiger partial charge in [-0.25, -0.2) is 0 Å². The summed E-state index contributed by atoms with van der Waals surface area (Å²) in [5, 5.41) is 3.56. The van der Waals surface area contributed by atoms with Crippen LogP contribution in [-0.4, -0.2) is 36.6 Å². The van der Waals surface area contributed by atoms with Gasteiger partial charge < -0.3 is 10.2 Å². The van der Waals surface area contributed by atoms with Gasteiger partial charge in [0, 0.05) is 24.7 Å². The Morgan fingerprint density at radius 2 is 1.94 bits per heavy atom. The van der Waals surface area contributed by atoms with Crippen LogP contribution in [0, 0.1) is 5.92 Å². The van der Waals surface area contributed by atoms with Crippen LogP contribution in [0.2, 0.25) is 0 Å². The standard InChI is InChI=1S/C14H30N2/c1-12-7-6-8-13(11-12)16(5)10-9-15-14(2,3)4/h12-13,15H,6-11H2,1-5H3. The smallest absolute Gasteiger partial charge is 0.0107 e. The first-order chi connectivity index (χ1) is 7.38. The Morgan fingerprint density at radius 1 is 1.25 bits per heavy atom. The largest absolute Gasteiger partial charge is 0.311 e. The lowest BCUT2D eigenvalue weighted by molar-refractivity contribution is 0.161. The van der Waals surface area contributed by atoms with Crippen LogP contribution < -0.4 is 5.32 Å². The third kappa shape index (κ3) is 5.31. The second-order valence-corrected chi connectivity index (χ2v) is 6.58. The highest BCUT2D eigenvalue weighted by Crippen LogP contribution is 2.26.